The first kappa shape index (κ1) is 13.6. The first-order valence-corrected chi connectivity index (χ1v) is 7.15. The Hall–Kier alpha value is -0.870. The lowest BCUT2D eigenvalue weighted by Crippen LogP contribution is -2.25. The summed E-state index contributed by atoms with van der Waals surface area (Å²) >= 11 is 0. The molecule has 0 aromatic carbocycles. The first-order chi connectivity index (χ1) is 8.79. The minimum absolute atomic E-state index is 0.476. The van der Waals surface area contributed by atoms with Crippen molar-refractivity contribution in [2.24, 2.45) is 0 Å². The van der Waals surface area contributed by atoms with E-state index in [-0.39, 0.29) is 0 Å². The molecule has 0 radical (unpaired) electrons. The minimum atomic E-state index is 0.476. The van der Waals surface area contributed by atoms with E-state index in [4.69, 9.17) is 4.74 Å². The number of nitrogens with zero attached hydrogens (tertiary/aromatic N) is 2. The predicted octanol–water partition coefficient (Wildman–Crippen LogP) is 2.26. The number of ether oxygens (including phenoxy) is 1. The van der Waals surface area contributed by atoms with Gasteiger partial charge in [-0.25, -0.2) is 0 Å². The van der Waals surface area contributed by atoms with E-state index < -0.39 is 0 Å². The van der Waals surface area contributed by atoms with E-state index in [9.17, 15) is 0 Å². The standard InChI is InChI=1S/C14H25N3O/c1-3-17-13(10-12(2)16-17)11-15-8-7-14-6-4-5-9-18-14/h10,14-15H,3-9,11H2,1-2H3. The SMILES string of the molecule is CCn1nc(C)cc1CNCCC1CCCCO1. The molecule has 2 heterocycles. The van der Waals surface area contributed by atoms with Crippen LogP contribution in [0, 0.1) is 6.92 Å². The Labute approximate surface area is 110 Å². The van der Waals surface area contributed by atoms with Gasteiger partial charge >= 0.3 is 0 Å². The molecule has 1 aliphatic rings. The third-order valence-electron chi connectivity index (χ3n) is 3.51. The van der Waals surface area contributed by atoms with Crippen LogP contribution in [0.2, 0.25) is 0 Å². The van der Waals surface area contributed by atoms with Crippen LogP contribution in [0.4, 0.5) is 0 Å². The van der Waals surface area contributed by atoms with Crippen molar-refractivity contribution in [3.8, 4) is 0 Å². The highest BCUT2D eigenvalue weighted by Gasteiger charge is 2.13. The summed E-state index contributed by atoms with van der Waals surface area (Å²) in [5, 5.41) is 7.95. The Bertz CT molecular complexity index is 356. The summed E-state index contributed by atoms with van der Waals surface area (Å²) in [4.78, 5) is 0. The zero-order valence-corrected chi connectivity index (χ0v) is 11.6. The van der Waals surface area contributed by atoms with Crippen LogP contribution in [-0.4, -0.2) is 29.0 Å². The van der Waals surface area contributed by atoms with Crippen LogP contribution in [0.25, 0.3) is 0 Å². The Morgan fingerprint density at radius 2 is 2.39 bits per heavy atom. The van der Waals surface area contributed by atoms with Crippen LogP contribution in [0.5, 0.6) is 0 Å². The van der Waals surface area contributed by atoms with Crippen molar-refractivity contribution in [2.75, 3.05) is 13.2 Å². The van der Waals surface area contributed by atoms with Gasteiger partial charge in [0, 0.05) is 19.7 Å². The maximum atomic E-state index is 5.72. The van der Waals surface area contributed by atoms with Crippen LogP contribution in [0.1, 0.15) is 44.0 Å². The van der Waals surface area contributed by atoms with Gasteiger partial charge in [0.2, 0.25) is 0 Å². The van der Waals surface area contributed by atoms with E-state index in [0.29, 0.717) is 6.10 Å². The summed E-state index contributed by atoms with van der Waals surface area (Å²) in [6.45, 7) is 8.00. The number of hydrogen-bond donors (Lipinski definition) is 1. The maximum Gasteiger partial charge on any atom is 0.0597 e. The maximum absolute atomic E-state index is 5.72. The normalized spacial score (nSPS) is 20.2. The second-order valence-corrected chi connectivity index (χ2v) is 5.05. The average molecular weight is 251 g/mol. The summed E-state index contributed by atoms with van der Waals surface area (Å²) in [5.74, 6) is 0. The molecule has 4 heteroatoms. The molecule has 18 heavy (non-hydrogen) atoms. The summed E-state index contributed by atoms with van der Waals surface area (Å²) in [6, 6.07) is 2.16. The molecule has 2 rings (SSSR count). The van der Waals surface area contributed by atoms with Gasteiger partial charge in [0.15, 0.2) is 0 Å². The Balaban J connectivity index is 1.68. The van der Waals surface area contributed by atoms with E-state index in [2.05, 4.69) is 28.1 Å². The number of nitrogens with one attached hydrogen (secondary N) is 1. The molecule has 1 unspecified atom stereocenters. The Morgan fingerprint density at radius 1 is 1.50 bits per heavy atom. The van der Waals surface area contributed by atoms with E-state index in [1.807, 2.05) is 6.92 Å². The van der Waals surface area contributed by atoms with Crippen molar-refractivity contribution in [2.45, 2.75) is 58.7 Å². The van der Waals surface area contributed by atoms with Crippen LogP contribution in [0.3, 0.4) is 0 Å². The van der Waals surface area contributed by atoms with Gasteiger partial charge < -0.3 is 10.1 Å². The average Bonchev–Trinajstić information content (AvgIpc) is 2.76. The second-order valence-electron chi connectivity index (χ2n) is 5.05. The molecule has 0 aliphatic carbocycles. The second kappa shape index (κ2) is 6.90. The molecule has 0 saturated carbocycles. The van der Waals surface area contributed by atoms with Gasteiger partial charge in [-0.1, -0.05) is 0 Å². The summed E-state index contributed by atoms with van der Waals surface area (Å²) in [6.07, 6.45) is 5.39. The first-order valence-electron chi connectivity index (χ1n) is 7.15. The topological polar surface area (TPSA) is 39.1 Å². The molecular weight excluding hydrogens is 226 g/mol. The van der Waals surface area contributed by atoms with Crippen molar-refractivity contribution < 1.29 is 4.74 Å². The third kappa shape index (κ3) is 3.82. The number of rotatable bonds is 6. The molecule has 1 aromatic heterocycles. The number of aryl methyl sites for hydroxylation is 2. The molecule has 1 aliphatic heterocycles. The van der Waals surface area contributed by atoms with Crippen LogP contribution in [0.15, 0.2) is 6.07 Å². The van der Waals surface area contributed by atoms with E-state index in [0.717, 1.165) is 38.4 Å². The Kier molecular flexibility index (Phi) is 5.20. The molecule has 1 atom stereocenters. The van der Waals surface area contributed by atoms with Gasteiger partial charge in [0.1, 0.15) is 0 Å². The highest BCUT2D eigenvalue weighted by Crippen LogP contribution is 2.14. The number of hydrogen-bond acceptors (Lipinski definition) is 3. The monoisotopic (exact) mass is 251 g/mol. The van der Waals surface area contributed by atoms with Gasteiger partial charge in [-0.15, -0.1) is 0 Å². The van der Waals surface area contributed by atoms with Crippen LogP contribution >= 0.6 is 0 Å². The van der Waals surface area contributed by atoms with Gasteiger partial charge in [-0.05, 0) is 52.1 Å². The van der Waals surface area contributed by atoms with Crippen molar-refractivity contribution in [1.29, 1.82) is 0 Å². The minimum Gasteiger partial charge on any atom is -0.378 e. The summed E-state index contributed by atoms with van der Waals surface area (Å²) in [7, 11) is 0. The van der Waals surface area contributed by atoms with Gasteiger partial charge in [-0.3, -0.25) is 4.68 Å². The highest BCUT2D eigenvalue weighted by molar-refractivity contribution is 5.08. The fourth-order valence-corrected chi connectivity index (χ4v) is 2.53. The molecule has 1 saturated heterocycles. The molecule has 4 nitrogen and oxygen atoms in total. The summed E-state index contributed by atoms with van der Waals surface area (Å²) in [5.41, 5.74) is 2.38. The molecule has 0 amide bonds. The van der Waals surface area contributed by atoms with E-state index in [1.165, 1.54) is 25.0 Å². The molecule has 0 bridgehead atoms. The van der Waals surface area contributed by atoms with Gasteiger partial charge in [-0.2, -0.15) is 5.10 Å². The largest absolute Gasteiger partial charge is 0.378 e. The van der Waals surface area contributed by atoms with Crippen molar-refractivity contribution in [3.63, 3.8) is 0 Å². The quantitative estimate of drug-likeness (QED) is 0.788. The molecule has 102 valence electrons. The van der Waals surface area contributed by atoms with Crippen molar-refractivity contribution in [1.82, 2.24) is 15.1 Å². The van der Waals surface area contributed by atoms with Crippen molar-refractivity contribution in [3.05, 3.63) is 17.5 Å². The lowest BCUT2D eigenvalue weighted by Gasteiger charge is -2.22. The van der Waals surface area contributed by atoms with Crippen LogP contribution in [-0.2, 0) is 17.8 Å². The third-order valence-corrected chi connectivity index (χ3v) is 3.51. The van der Waals surface area contributed by atoms with Gasteiger partial charge in [0.25, 0.3) is 0 Å². The van der Waals surface area contributed by atoms with E-state index >= 15 is 0 Å². The van der Waals surface area contributed by atoms with Gasteiger partial charge in [0.05, 0.1) is 17.5 Å². The molecule has 0 spiro atoms. The fraction of sp³-hybridized carbons (Fsp3) is 0.786. The van der Waals surface area contributed by atoms with E-state index in [1.54, 1.807) is 0 Å². The Morgan fingerprint density at radius 3 is 3.11 bits per heavy atom. The smallest absolute Gasteiger partial charge is 0.0597 e. The molecular formula is C14H25N3O. The van der Waals surface area contributed by atoms with Crippen LogP contribution < -0.4 is 5.32 Å². The lowest BCUT2D eigenvalue weighted by molar-refractivity contribution is 0.0115. The zero-order valence-electron chi connectivity index (χ0n) is 11.6. The number of aromatic nitrogens is 2. The van der Waals surface area contributed by atoms with Crippen molar-refractivity contribution >= 4 is 0 Å². The zero-order chi connectivity index (χ0) is 12.8. The lowest BCUT2D eigenvalue weighted by atomic mass is 10.1. The predicted molar refractivity (Wildman–Crippen MR) is 72.6 cm³/mol. The highest BCUT2D eigenvalue weighted by atomic mass is 16.5. The molecule has 1 aromatic rings. The summed E-state index contributed by atoms with van der Waals surface area (Å²) < 4.78 is 7.79. The fourth-order valence-electron chi connectivity index (χ4n) is 2.53. The molecule has 1 fully saturated rings. The molecule has 1 N–H and O–H groups in total.